The van der Waals surface area contributed by atoms with Crippen molar-refractivity contribution in [3.63, 3.8) is 0 Å². The van der Waals surface area contributed by atoms with Gasteiger partial charge in [-0.15, -0.1) is 0 Å². The Hall–Kier alpha value is -1.84. The van der Waals surface area contributed by atoms with Crippen molar-refractivity contribution >= 4 is 15.9 Å². The maximum absolute atomic E-state index is 12.9. The molecule has 9 heteroatoms. The fraction of sp³-hybridized carbons (Fsp3) is 0.611. The SMILES string of the molecule is CN1CCN(C(=O)C2CCN(S(=O)(=O)c3ccc4c(c3)OCO4)CC2)CC1. The maximum atomic E-state index is 12.9. The number of carbonyl (C=O) groups excluding carboxylic acids is 1. The summed E-state index contributed by atoms with van der Waals surface area (Å²) in [6.07, 6.45) is 1.13. The van der Waals surface area contributed by atoms with Gasteiger partial charge in [-0.1, -0.05) is 0 Å². The Labute approximate surface area is 159 Å². The summed E-state index contributed by atoms with van der Waals surface area (Å²) in [5, 5.41) is 0. The Bertz CT molecular complexity index is 812. The average Bonchev–Trinajstić information content (AvgIpc) is 3.16. The first-order chi connectivity index (χ1) is 12.9. The van der Waals surface area contributed by atoms with Crippen LogP contribution in [-0.4, -0.2) is 81.5 Å². The zero-order valence-electron chi connectivity index (χ0n) is 15.5. The summed E-state index contributed by atoms with van der Waals surface area (Å²) in [7, 11) is -1.54. The van der Waals surface area contributed by atoms with Gasteiger partial charge in [-0.2, -0.15) is 4.31 Å². The molecule has 0 atom stereocenters. The van der Waals surface area contributed by atoms with Gasteiger partial charge in [0.15, 0.2) is 11.5 Å². The summed E-state index contributed by atoms with van der Waals surface area (Å²) < 4.78 is 37.9. The minimum Gasteiger partial charge on any atom is -0.454 e. The van der Waals surface area contributed by atoms with Crippen LogP contribution in [0.3, 0.4) is 0 Å². The fourth-order valence-electron chi connectivity index (χ4n) is 3.81. The molecular weight excluding hydrogens is 370 g/mol. The molecule has 4 rings (SSSR count). The predicted molar refractivity (Wildman–Crippen MR) is 98.1 cm³/mol. The van der Waals surface area contributed by atoms with Crippen molar-refractivity contribution in [3.8, 4) is 11.5 Å². The van der Waals surface area contributed by atoms with Crippen LogP contribution >= 0.6 is 0 Å². The number of benzene rings is 1. The molecule has 1 aromatic carbocycles. The number of fused-ring (bicyclic) bond motifs is 1. The van der Waals surface area contributed by atoms with Gasteiger partial charge < -0.3 is 19.3 Å². The molecular formula is C18H25N3O5S. The highest BCUT2D eigenvalue weighted by Gasteiger charge is 2.35. The molecule has 0 unspecified atom stereocenters. The van der Waals surface area contributed by atoms with E-state index >= 15 is 0 Å². The first-order valence-corrected chi connectivity index (χ1v) is 10.8. The molecule has 0 bridgehead atoms. The number of amides is 1. The number of hydrogen-bond acceptors (Lipinski definition) is 6. The molecule has 2 saturated heterocycles. The Kier molecular flexibility index (Phi) is 5.00. The number of rotatable bonds is 3. The molecule has 0 aliphatic carbocycles. The van der Waals surface area contributed by atoms with E-state index in [4.69, 9.17) is 9.47 Å². The Balaban J connectivity index is 1.39. The number of piperazine rings is 1. The fourth-order valence-corrected chi connectivity index (χ4v) is 5.30. The van der Waals surface area contributed by atoms with Crippen molar-refractivity contribution < 1.29 is 22.7 Å². The van der Waals surface area contributed by atoms with Gasteiger partial charge in [-0.3, -0.25) is 4.79 Å². The molecule has 1 aromatic rings. The monoisotopic (exact) mass is 395 g/mol. The zero-order valence-corrected chi connectivity index (χ0v) is 16.3. The molecule has 27 heavy (non-hydrogen) atoms. The number of carbonyl (C=O) groups is 1. The third-order valence-corrected chi connectivity index (χ3v) is 7.49. The van der Waals surface area contributed by atoms with E-state index in [0.717, 1.165) is 26.2 Å². The van der Waals surface area contributed by atoms with Crippen molar-refractivity contribution in [2.24, 2.45) is 5.92 Å². The summed E-state index contributed by atoms with van der Waals surface area (Å²) >= 11 is 0. The zero-order chi connectivity index (χ0) is 19.0. The van der Waals surface area contributed by atoms with Gasteiger partial charge in [0.1, 0.15) is 0 Å². The van der Waals surface area contributed by atoms with Crippen LogP contribution in [0.25, 0.3) is 0 Å². The van der Waals surface area contributed by atoms with E-state index in [9.17, 15) is 13.2 Å². The molecule has 3 aliphatic heterocycles. The normalized spacial score (nSPS) is 22.2. The van der Waals surface area contributed by atoms with Crippen molar-refractivity contribution in [1.29, 1.82) is 0 Å². The quantitative estimate of drug-likeness (QED) is 0.745. The largest absolute Gasteiger partial charge is 0.454 e. The van der Waals surface area contributed by atoms with Crippen LogP contribution < -0.4 is 9.47 Å². The predicted octanol–water partition coefficient (Wildman–Crippen LogP) is 0.590. The highest BCUT2D eigenvalue weighted by atomic mass is 32.2. The summed E-state index contributed by atoms with van der Waals surface area (Å²) in [4.78, 5) is 17.1. The molecule has 0 spiro atoms. The third-order valence-electron chi connectivity index (χ3n) is 5.60. The molecule has 148 valence electrons. The summed E-state index contributed by atoms with van der Waals surface area (Å²) in [5.41, 5.74) is 0. The lowest BCUT2D eigenvalue weighted by atomic mass is 9.96. The van der Waals surface area contributed by atoms with Crippen LogP contribution in [0.4, 0.5) is 0 Å². The van der Waals surface area contributed by atoms with Gasteiger partial charge in [0.25, 0.3) is 0 Å². The van der Waals surface area contributed by atoms with E-state index in [0.29, 0.717) is 37.4 Å². The summed E-state index contributed by atoms with van der Waals surface area (Å²) in [6.45, 7) is 4.13. The maximum Gasteiger partial charge on any atom is 0.243 e. The number of likely N-dealkylation sites (N-methyl/N-ethyl adjacent to an activating group) is 1. The number of nitrogens with zero attached hydrogens (tertiary/aromatic N) is 3. The lowest BCUT2D eigenvalue weighted by Gasteiger charge is -2.37. The van der Waals surface area contributed by atoms with Gasteiger partial charge in [0.2, 0.25) is 22.7 Å². The second-order valence-electron chi connectivity index (χ2n) is 7.32. The Morgan fingerprint density at radius 1 is 1.00 bits per heavy atom. The molecule has 2 fully saturated rings. The van der Waals surface area contributed by atoms with Crippen LogP contribution in [0.15, 0.2) is 23.1 Å². The smallest absolute Gasteiger partial charge is 0.243 e. The first kappa shape index (κ1) is 18.5. The molecule has 0 aromatic heterocycles. The molecule has 8 nitrogen and oxygen atoms in total. The molecule has 0 saturated carbocycles. The van der Waals surface area contributed by atoms with Gasteiger partial charge in [0.05, 0.1) is 4.90 Å². The van der Waals surface area contributed by atoms with Gasteiger partial charge in [0, 0.05) is 51.3 Å². The number of sulfonamides is 1. The minimum atomic E-state index is -3.60. The van der Waals surface area contributed by atoms with E-state index < -0.39 is 10.0 Å². The van der Waals surface area contributed by atoms with Crippen LogP contribution in [0, 0.1) is 5.92 Å². The third kappa shape index (κ3) is 3.63. The van der Waals surface area contributed by atoms with Crippen LogP contribution in [0.2, 0.25) is 0 Å². The van der Waals surface area contributed by atoms with Gasteiger partial charge in [-0.25, -0.2) is 8.42 Å². The van der Waals surface area contributed by atoms with E-state index in [1.54, 1.807) is 12.1 Å². The number of ether oxygens (including phenoxy) is 2. The summed E-state index contributed by atoms with van der Waals surface area (Å²) in [6, 6.07) is 4.68. The topological polar surface area (TPSA) is 79.4 Å². The second kappa shape index (κ2) is 7.29. The molecule has 0 N–H and O–H groups in total. The highest BCUT2D eigenvalue weighted by molar-refractivity contribution is 7.89. The van der Waals surface area contributed by atoms with Crippen LogP contribution in [0.5, 0.6) is 11.5 Å². The van der Waals surface area contributed by atoms with E-state index in [-0.39, 0.29) is 23.5 Å². The van der Waals surface area contributed by atoms with E-state index in [1.165, 1.54) is 10.4 Å². The number of piperidine rings is 1. The number of hydrogen-bond donors (Lipinski definition) is 0. The molecule has 0 radical (unpaired) electrons. The minimum absolute atomic E-state index is 0.0865. The first-order valence-electron chi connectivity index (χ1n) is 9.32. The standard InChI is InChI=1S/C18H25N3O5S/c1-19-8-10-20(11-9-19)18(22)14-4-6-21(7-5-14)27(23,24)15-2-3-16-17(12-15)26-13-25-16/h2-3,12,14H,4-11,13H2,1H3. The molecule has 1 amide bonds. The van der Waals surface area contributed by atoms with Crippen molar-refractivity contribution in [1.82, 2.24) is 14.1 Å². The Morgan fingerprint density at radius 3 is 2.37 bits per heavy atom. The highest BCUT2D eigenvalue weighted by Crippen LogP contribution is 2.35. The van der Waals surface area contributed by atoms with Crippen molar-refractivity contribution in [2.45, 2.75) is 17.7 Å². The second-order valence-corrected chi connectivity index (χ2v) is 9.26. The van der Waals surface area contributed by atoms with Crippen molar-refractivity contribution in [3.05, 3.63) is 18.2 Å². The van der Waals surface area contributed by atoms with Crippen molar-refractivity contribution in [2.75, 3.05) is 53.1 Å². The lowest BCUT2D eigenvalue weighted by Crippen LogP contribution is -2.50. The van der Waals surface area contributed by atoms with Gasteiger partial charge in [-0.05, 0) is 32.0 Å². The Morgan fingerprint density at radius 2 is 1.67 bits per heavy atom. The lowest BCUT2D eigenvalue weighted by molar-refractivity contribution is -0.138. The molecule has 3 aliphatic rings. The van der Waals surface area contributed by atoms with Crippen LogP contribution in [0.1, 0.15) is 12.8 Å². The average molecular weight is 395 g/mol. The van der Waals surface area contributed by atoms with E-state index in [2.05, 4.69) is 11.9 Å². The van der Waals surface area contributed by atoms with E-state index in [1.807, 2.05) is 4.90 Å². The van der Waals surface area contributed by atoms with Crippen LogP contribution in [-0.2, 0) is 14.8 Å². The molecule has 3 heterocycles. The summed E-state index contributed by atoms with van der Waals surface area (Å²) in [5.74, 6) is 1.10. The van der Waals surface area contributed by atoms with Gasteiger partial charge >= 0.3 is 0 Å².